The zero-order valence-electron chi connectivity index (χ0n) is 7.56. The van der Waals surface area contributed by atoms with Gasteiger partial charge in [0.15, 0.2) is 0 Å². The number of aliphatic hydroxyl groups excluding tert-OH is 1. The van der Waals surface area contributed by atoms with Crippen molar-refractivity contribution in [2.45, 2.75) is 31.9 Å². The van der Waals surface area contributed by atoms with Crippen LogP contribution in [0.25, 0.3) is 0 Å². The topological polar surface area (TPSA) is 86.6 Å². The number of aliphatic hydroxyl groups is 1. The molecule has 0 rings (SSSR count). The van der Waals surface area contributed by atoms with Crippen LogP contribution in [0, 0.1) is 0 Å². The molecule has 0 saturated heterocycles. The monoisotopic (exact) mass is 187 g/mol. The Morgan fingerprint density at radius 1 is 1.62 bits per heavy atom. The molecule has 0 fully saturated rings. The third-order valence-electron chi connectivity index (χ3n) is 1.70. The molecular weight excluding hydrogens is 173 g/mol. The second-order valence-electron chi connectivity index (χ2n) is 2.75. The number of aliphatic carboxylic acids is 1. The van der Waals surface area contributed by atoms with Gasteiger partial charge in [-0.1, -0.05) is 0 Å². The van der Waals surface area contributed by atoms with E-state index in [1.165, 1.54) is 0 Å². The number of hydrogen-bond donors (Lipinski definition) is 3. The van der Waals surface area contributed by atoms with Gasteiger partial charge in [-0.2, -0.15) is 0 Å². The van der Waals surface area contributed by atoms with Crippen molar-refractivity contribution in [1.29, 1.82) is 0 Å². The Hall–Kier alpha value is -0.745. The fraction of sp³-hybridized carbons (Fsp3) is 0.857. The van der Waals surface area contributed by atoms with Crippen LogP contribution in [0.1, 0.15) is 19.8 Å². The van der Waals surface area contributed by atoms with Crippen LogP contribution in [0.5, 0.6) is 0 Å². The zero-order valence-corrected chi connectivity index (χ0v) is 7.56. The van der Waals surface area contributed by atoms with Crippen LogP contribution in [-0.2, 0) is 9.50 Å². The van der Waals surface area contributed by atoms with E-state index in [0.29, 0.717) is 13.6 Å². The molecule has 0 radical (unpaired) electrons. The number of carboxylic acid groups (broad SMARTS) is 1. The summed E-state index contributed by atoms with van der Waals surface area (Å²) in [5, 5.41) is 20.3. The van der Waals surface area contributed by atoms with Gasteiger partial charge in [0, 0.05) is 0 Å². The van der Waals surface area contributed by atoms with Crippen LogP contribution in [0.2, 0.25) is 0 Å². The minimum absolute atomic E-state index is 0.0645. The standard InChI is InChI=1S/C7H14BNO4/c1-2-3-5(9-4-8-13)6(10)7(11)12/h5-6,9-10H,2-4H2,1H3,(H,11,12). The molecule has 0 spiro atoms. The quantitative estimate of drug-likeness (QED) is 0.454. The van der Waals surface area contributed by atoms with Gasteiger partial charge in [0.25, 0.3) is 0 Å². The fourth-order valence-electron chi connectivity index (χ4n) is 1.05. The molecule has 0 saturated carbocycles. The average Bonchev–Trinajstić information content (AvgIpc) is 2.11. The molecule has 0 aromatic rings. The number of nitrogens with one attached hydrogen (secondary N) is 1. The maximum absolute atomic E-state index is 10.4. The summed E-state index contributed by atoms with van der Waals surface area (Å²) in [6.45, 7) is 1.88. The van der Waals surface area contributed by atoms with Crippen molar-refractivity contribution in [2.75, 3.05) is 6.44 Å². The van der Waals surface area contributed by atoms with E-state index in [1.54, 1.807) is 0 Å². The molecular formula is C7H14BNO4. The van der Waals surface area contributed by atoms with Crippen molar-refractivity contribution in [3.05, 3.63) is 0 Å². The van der Waals surface area contributed by atoms with Gasteiger partial charge in [0.05, 0.1) is 0 Å². The summed E-state index contributed by atoms with van der Waals surface area (Å²) in [5.41, 5.74) is 0. The van der Waals surface area contributed by atoms with Crippen molar-refractivity contribution < 1.29 is 19.7 Å². The first-order valence-electron chi connectivity index (χ1n) is 4.21. The molecule has 74 valence electrons. The molecule has 0 aliphatic rings. The minimum atomic E-state index is -1.44. The van der Waals surface area contributed by atoms with Crippen molar-refractivity contribution in [3.8, 4) is 0 Å². The first-order valence-corrected chi connectivity index (χ1v) is 4.21. The second-order valence-corrected chi connectivity index (χ2v) is 2.75. The SMILES string of the molecule is CCCC(NCB=O)C(O)C(=O)O. The first-order chi connectivity index (χ1) is 6.13. The molecule has 0 aliphatic heterocycles. The van der Waals surface area contributed by atoms with E-state index >= 15 is 0 Å². The average molecular weight is 187 g/mol. The van der Waals surface area contributed by atoms with Crippen molar-refractivity contribution in [3.63, 3.8) is 0 Å². The molecule has 0 heterocycles. The molecule has 0 amide bonds. The molecule has 2 unspecified atom stereocenters. The van der Waals surface area contributed by atoms with Gasteiger partial charge in [-0.15, -0.1) is 0 Å². The molecule has 6 heteroatoms. The summed E-state index contributed by atoms with van der Waals surface area (Å²) < 4.78 is 10.0. The summed E-state index contributed by atoms with van der Waals surface area (Å²) in [6, 6.07) is -0.548. The van der Waals surface area contributed by atoms with E-state index < -0.39 is 18.1 Å². The van der Waals surface area contributed by atoms with E-state index in [1.807, 2.05) is 6.92 Å². The Morgan fingerprint density at radius 3 is 2.62 bits per heavy atom. The Balaban J connectivity index is 4.05. The molecule has 0 aromatic heterocycles. The zero-order chi connectivity index (χ0) is 10.3. The third-order valence-corrected chi connectivity index (χ3v) is 1.70. The van der Waals surface area contributed by atoms with E-state index in [0.717, 1.165) is 6.42 Å². The fourth-order valence-corrected chi connectivity index (χ4v) is 1.05. The van der Waals surface area contributed by atoms with Gasteiger partial charge < -0.3 is 0 Å². The van der Waals surface area contributed by atoms with Gasteiger partial charge in [-0.05, 0) is 0 Å². The van der Waals surface area contributed by atoms with Gasteiger partial charge in [-0.3, -0.25) is 0 Å². The summed E-state index contributed by atoms with van der Waals surface area (Å²) in [5.74, 6) is -1.27. The van der Waals surface area contributed by atoms with Crippen molar-refractivity contribution in [2.24, 2.45) is 0 Å². The number of carbonyl (C=O) groups is 1. The summed E-state index contributed by atoms with van der Waals surface area (Å²) in [6.07, 6.45) is -0.100. The van der Waals surface area contributed by atoms with Crippen LogP contribution in [0.15, 0.2) is 0 Å². The van der Waals surface area contributed by atoms with Gasteiger partial charge in [0.1, 0.15) is 0 Å². The van der Waals surface area contributed by atoms with Gasteiger partial charge >= 0.3 is 76.5 Å². The Bertz CT molecular complexity index is 176. The first kappa shape index (κ1) is 12.3. The summed E-state index contributed by atoms with van der Waals surface area (Å²) >= 11 is 0. The third kappa shape index (κ3) is 4.74. The van der Waals surface area contributed by atoms with Crippen LogP contribution >= 0.6 is 0 Å². The summed E-state index contributed by atoms with van der Waals surface area (Å²) in [4.78, 5) is 10.4. The predicted molar refractivity (Wildman–Crippen MR) is 46.8 cm³/mol. The van der Waals surface area contributed by atoms with Crippen LogP contribution < -0.4 is 5.32 Å². The van der Waals surface area contributed by atoms with Crippen LogP contribution in [0.4, 0.5) is 0 Å². The van der Waals surface area contributed by atoms with Gasteiger partial charge in [-0.25, -0.2) is 0 Å². The van der Waals surface area contributed by atoms with E-state index in [2.05, 4.69) is 5.32 Å². The van der Waals surface area contributed by atoms with E-state index in [4.69, 9.17) is 10.2 Å². The molecule has 5 nitrogen and oxygen atoms in total. The van der Waals surface area contributed by atoms with Crippen molar-refractivity contribution in [1.82, 2.24) is 5.32 Å². The Morgan fingerprint density at radius 2 is 2.23 bits per heavy atom. The normalized spacial score (nSPS) is 14.6. The molecule has 0 aromatic carbocycles. The Kier molecular flexibility index (Phi) is 6.35. The van der Waals surface area contributed by atoms with E-state index in [9.17, 15) is 9.50 Å². The van der Waals surface area contributed by atoms with Crippen molar-refractivity contribution >= 4 is 13.1 Å². The van der Waals surface area contributed by atoms with Crippen LogP contribution in [0.3, 0.4) is 0 Å². The summed E-state index contributed by atoms with van der Waals surface area (Å²) in [7, 11) is 0.636. The number of hydrogen-bond acceptors (Lipinski definition) is 4. The number of rotatable bonds is 7. The maximum atomic E-state index is 10.4. The van der Waals surface area contributed by atoms with E-state index in [-0.39, 0.29) is 6.44 Å². The molecule has 3 N–H and O–H groups in total. The van der Waals surface area contributed by atoms with Gasteiger partial charge in [0.2, 0.25) is 0 Å². The predicted octanol–water partition coefficient (Wildman–Crippen LogP) is -0.803. The Labute approximate surface area is 77.4 Å². The molecule has 2 atom stereocenters. The molecule has 13 heavy (non-hydrogen) atoms. The number of carboxylic acids is 1. The van der Waals surface area contributed by atoms with Crippen LogP contribution in [-0.4, -0.2) is 41.9 Å². The molecule has 0 aliphatic carbocycles. The second kappa shape index (κ2) is 6.74. The molecule has 0 bridgehead atoms.